The summed E-state index contributed by atoms with van der Waals surface area (Å²) >= 11 is 0. The second-order valence-electron chi connectivity index (χ2n) is 5.99. The first kappa shape index (κ1) is 13.4. The number of Topliss-reactive ketones (excluding diaryl/α,β-unsaturated/α-hetero) is 3. The number of hydrogen-bond acceptors (Lipinski definition) is 3. The van der Waals surface area contributed by atoms with Gasteiger partial charge in [-0.15, -0.1) is 0 Å². The van der Waals surface area contributed by atoms with Gasteiger partial charge in [-0.05, 0) is 25.2 Å². The van der Waals surface area contributed by atoms with Crippen molar-refractivity contribution in [3.8, 4) is 0 Å². The van der Waals surface area contributed by atoms with Crippen LogP contribution in [0.1, 0.15) is 58.8 Å². The maximum absolute atomic E-state index is 12.1. The van der Waals surface area contributed by atoms with Crippen molar-refractivity contribution >= 4 is 17.3 Å². The summed E-state index contributed by atoms with van der Waals surface area (Å²) in [7, 11) is 0. The van der Waals surface area contributed by atoms with E-state index >= 15 is 0 Å². The van der Waals surface area contributed by atoms with Crippen LogP contribution in [0.3, 0.4) is 0 Å². The van der Waals surface area contributed by atoms with E-state index in [-0.39, 0.29) is 28.8 Å². The molecular weight excluding hydrogens is 228 g/mol. The fraction of sp³-hybridized carbons (Fsp3) is 0.800. The van der Waals surface area contributed by atoms with E-state index < -0.39 is 0 Å². The van der Waals surface area contributed by atoms with Gasteiger partial charge >= 0.3 is 0 Å². The Hall–Kier alpha value is -0.990. The van der Waals surface area contributed by atoms with E-state index in [1.54, 1.807) is 0 Å². The Kier molecular flexibility index (Phi) is 3.69. The van der Waals surface area contributed by atoms with Gasteiger partial charge in [-0.25, -0.2) is 0 Å². The molecule has 2 aliphatic carbocycles. The number of carbonyl (C=O) groups is 3. The molecule has 0 saturated heterocycles. The van der Waals surface area contributed by atoms with Crippen LogP contribution in [0.15, 0.2) is 0 Å². The van der Waals surface area contributed by atoms with Crippen LogP contribution in [-0.4, -0.2) is 17.3 Å². The van der Waals surface area contributed by atoms with Crippen molar-refractivity contribution in [2.45, 2.75) is 58.8 Å². The highest BCUT2D eigenvalue weighted by atomic mass is 16.1. The van der Waals surface area contributed by atoms with Gasteiger partial charge < -0.3 is 0 Å². The van der Waals surface area contributed by atoms with Crippen molar-refractivity contribution in [1.82, 2.24) is 0 Å². The van der Waals surface area contributed by atoms with Crippen molar-refractivity contribution in [3.63, 3.8) is 0 Å². The molecule has 0 aromatic heterocycles. The third kappa shape index (κ3) is 2.15. The molecule has 2 fully saturated rings. The van der Waals surface area contributed by atoms with Gasteiger partial charge in [0.1, 0.15) is 17.3 Å². The van der Waals surface area contributed by atoms with Crippen LogP contribution in [0.2, 0.25) is 0 Å². The smallest absolute Gasteiger partial charge is 0.139 e. The highest BCUT2D eigenvalue weighted by Crippen LogP contribution is 2.52. The maximum Gasteiger partial charge on any atom is 0.139 e. The average molecular weight is 250 g/mol. The van der Waals surface area contributed by atoms with Gasteiger partial charge in [-0.1, -0.05) is 13.8 Å². The lowest BCUT2D eigenvalue weighted by Gasteiger charge is -2.39. The van der Waals surface area contributed by atoms with Crippen LogP contribution >= 0.6 is 0 Å². The van der Waals surface area contributed by atoms with E-state index in [2.05, 4.69) is 0 Å². The minimum absolute atomic E-state index is 0.0503. The summed E-state index contributed by atoms with van der Waals surface area (Å²) in [6.07, 6.45) is 4.38. The molecule has 3 heteroatoms. The Morgan fingerprint density at radius 2 is 2.06 bits per heavy atom. The van der Waals surface area contributed by atoms with Crippen LogP contribution < -0.4 is 0 Å². The summed E-state index contributed by atoms with van der Waals surface area (Å²) in [5.74, 6) is 0.962. The molecular formula is C15H22O3. The molecule has 0 N–H and O–H groups in total. The van der Waals surface area contributed by atoms with E-state index in [0.29, 0.717) is 44.3 Å². The molecule has 0 radical (unpaired) electrons. The lowest BCUT2D eigenvalue weighted by atomic mass is 9.62. The van der Waals surface area contributed by atoms with Gasteiger partial charge in [0, 0.05) is 37.0 Å². The third-order valence-corrected chi connectivity index (χ3v) is 5.06. The van der Waals surface area contributed by atoms with E-state index in [9.17, 15) is 14.4 Å². The SMILES string of the molecule is CCC(=O)CCC1C(=O)CC[C@]2(C)C(=O)CC[C@@H]12. The zero-order valence-corrected chi connectivity index (χ0v) is 11.3. The Morgan fingerprint density at radius 3 is 2.72 bits per heavy atom. The van der Waals surface area contributed by atoms with Crippen LogP contribution in [0, 0.1) is 17.3 Å². The summed E-state index contributed by atoms with van der Waals surface area (Å²) in [6, 6.07) is 0. The molecule has 100 valence electrons. The number of ketones is 3. The van der Waals surface area contributed by atoms with E-state index in [1.807, 2.05) is 13.8 Å². The molecule has 2 aliphatic rings. The van der Waals surface area contributed by atoms with Crippen molar-refractivity contribution in [2.24, 2.45) is 17.3 Å². The highest BCUT2D eigenvalue weighted by Gasteiger charge is 2.53. The molecule has 0 spiro atoms. The molecule has 0 bridgehead atoms. The minimum Gasteiger partial charge on any atom is -0.300 e. The number of rotatable bonds is 4. The molecule has 3 nitrogen and oxygen atoms in total. The molecule has 1 unspecified atom stereocenters. The molecule has 2 saturated carbocycles. The molecule has 18 heavy (non-hydrogen) atoms. The lowest BCUT2D eigenvalue weighted by molar-refractivity contribution is -0.137. The zero-order chi connectivity index (χ0) is 13.3. The van der Waals surface area contributed by atoms with Gasteiger partial charge in [0.25, 0.3) is 0 Å². The molecule has 2 rings (SSSR count). The van der Waals surface area contributed by atoms with Gasteiger partial charge in [0.2, 0.25) is 0 Å². The second kappa shape index (κ2) is 4.94. The number of hydrogen-bond donors (Lipinski definition) is 0. The van der Waals surface area contributed by atoms with Gasteiger partial charge in [0.15, 0.2) is 0 Å². The van der Waals surface area contributed by atoms with Crippen LogP contribution in [0.5, 0.6) is 0 Å². The van der Waals surface area contributed by atoms with Crippen LogP contribution in [0.25, 0.3) is 0 Å². The van der Waals surface area contributed by atoms with E-state index in [4.69, 9.17) is 0 Å². The minimum atomic E-state index is -0.284. The molecule has 0 aliphatic heterocycles. The zero-order valence-electron chi connectivity index (χ0n) is 11.3. The summed E-state index contributed by atoms with van der Waals surface area (Å²) < 4.78 is 0. The molecule has 0 heterocycles. The monoisotopic (exact) mass is 250 g/mol. The van der Waals surface area contributed by atoms with E-state index in [0.717, 1.165) is 6.42 Å². The van der Waals surface area contributed by atoms with Crippen LogP contribution in [0.4, 0.5) is 0 Å². The fourth-order valence-electron chi connectivity index (χ4n) is 3.72. The predicted octanol–water partition coefficient (Wildman–Crippen LogP) is 2.71. The Labute approximate surface area is 108 Å². The second-order valence-corrected chi connectivity index (χ2v) is 5.99. The highest BCUT2D eigenvalue weighted by molar-refractivity contribution is 5.92. The Balaban J connectivity index is 2.10. The van der Waals surface area contributed by atoms with Gasteiger partial charge in [0.05, 0.1) is 0 Å². The summed E-state index contributed by atoms with van der Waals surface area (Å²) in [4.78, 5) is 35.5. The van der Waals surface area contributed by atoms with Crippen molar-refractivity contribution in [3.05, 3.63) is 0 Å². The number of fused-ring (bicyclic) bond motifs is 1. The molecule has 3 atom stereocenters. The lowest BCUT2D eigenvalue weighted by Crippen LogP contribution is -2.42. The average Bonchev–Trinajstić information content (AvgIpc) is 2.65. The largest absolute Gasteiger partial charge is 0.300 e. The normalized spacial score (nSPS) is 35.7. The maximum atomic E-state index is 12.1. The first-order valence-electron chi connectivity index (χ1n) is 7.06. The third-order valence-electron chi connectivity index (χ3n) is 5.06. The fourth-order valence-corrected chi connectivity index (χ4v) is 3.72. The van der Waals surface area contributed by atoms with Crippen molar-refractivity contribution < 1.29 is 14.4 Å². The standard InChI is InChI=1S/C15H22O3/c1-3-10(16)4-5-11-12-6-7-14(18)15(12,2)9-8-13(11)17/h11-12H,3-9H2,1-2H3/t11?,12-,15-/m0/s1. The quantitative estimate of drug-likeness (QED) is 0.770. The van der Waals surface area contributed by atoms with Crippen molar-refractivity contribution in [2.75, 3.05) is 0 Å². The summed E-state index contributed by atoms with van der Waals surface area (Å²) in [5.41, 5.74) is -0.284. The number of carbonyl (C=O) groups excluding carboxylic acids is 3. The molecule has 0 aromatic carbocycles. The molecule has 0 amide bonds. The Morgan fingerprint density at radius 1 is 1.33 bits per heavy atom. The first-order chi connectivity index (χ1) is 8.49. The predicted molar refractivity (Wildman–Crippen MR) is 68.1 cm³/mol. The Bertz CT molecular complexity index is 385. The summed E-state index contributed by atoms with van der Waals surface area (Å²) in [5, 5.41) is 0. The van der Waals surface area contributed by atoms with Crippen LogP contribution in [-0.2, 0) is 14.4 Å². The van der Waals surface area contributed by atoms with Gasteiger partial charge in [-0.3, -0.25) is 14.4 Å². The van der Waals surface area contributed by atoms with Gasteiger partial charge in [-0.2, -0.15) is 0 Å². The summed E-state index contributed by atoms with van der Waals surface area (Å²) in [6.45, 7) is 3.88. The first-order valence-corrected chi connectivity index (χ1v) is 7.06. The molecule has 0 aromatic rings. The topological polar surface area (TPSA) is 51.2 Å². The van der Waals surface area contributed by atoms with E-state index in [1.165, 1.54) is 0 Å². The van der Waals surface area contributed by atoms with Crippen molar-refractivity contribution in [1.29, 1.82) is 0 Å².